The standard InChI is InChI=1S/C29H43BrN2O/c1-2-3-4-5-6-7-8-9-10-12-15-26-16-18-27(19-17-26)31-32-28-20-22-29(23-21-28)33-25-14-11-13-24-30/h16-23H,2-15,24-25H2,1H3. The van der Waals surface area contributed by atoms with E-state index in [0.717, 1.165) is 41.9 Å². The van der Waals surface area contributed by atoms with Crippen LogP contribution >= 0.6 is 15.9 Å². The molecular weight excluding hydrogens is 472 g/mol. The second-order valence-electron chi connectivity index (χ2n) is 8.89. The second-order valence-corrected chi connectivity index (χ2v) is 9.68. The average molecular weight is 516 g/mol. The van der Waals surface area contributed by atoms with Gasteiger partial charge in [-0.3, -0.25) is 0 Å². The van der Waals surface area contributed by atoms with Gasteiger partial charge in [0.1, 0.15) is 5.75 Å². The van der Waals surface area contributed by atoms with Crippen LogP contribution in [0.1, 0.15) is 96.0 Å². The highest BCUT2D eigenvalue weighted by Gasteiger charge is 1.98. The van der Waals surface area contributed by atoms with Crippen LogP contribution in [0, 0.1) is 0 Å². The van der Waals surface area contributed by atoms with Gasteiger partial charge in [-0.2, -0.15) is 10.2 Å². The predicted molar refractivity (Wildman–Crippen MR) is 146 cm³/mol. The smallest absolute Gasteiger partial charge is 0.119 e. The lowest BCUT2D eigenvalue weighted by atomic mass is 10.0. The highest BCUT2D eigenvalue weighted by molar-refractivity contribution is 9.09. The molecule has 0 saturated heterocycles. The third-order valence-electron chi connectivity index (χ3n) is 5.92. The molecule has 0 aliphatic heterocycles. The molecule has 2 rings (SSSR count). The number of halogens is 1. The first kappa shape index (κ1) is 27.6. The molecule has 3 nitrogen and oxygen atoms in total. The Labute approximate surface area is 210 Å². The zero-order valence-corrected chi connectivity index (χ0v) is 22.2. The van der Waals surface area contributed by atoms with Crippen molar-refractivity contribution in [3.63, 3.8) is 0 Å². The summed E-state index contributed by atoms with van der Waals surface area (Å²) in [6.45, 7) is 3.04. The van der Waals surface area contributed by atoms with E-state index in [1.165, 1.54) is 82.6 Å². The van der Waals surface area contributed by atoms with Crippen LogP contribution in [0.15, 0.2) is 58.8 Å². The van der Waals surface area contributed by atoms with E-state index in [-0.39, 0.29) is 0 Å². The predicted octanol–water partition coefficient (Wildman–Crippen LogP) is 10.5. The molecule has 182 valence electrons. The first-order chi connectivity index (χ1) is 16.3. The van der Waals surface area contributed by atoms with Crippen molar-refractivity contribution in [3.8, 4) is 5.75 Å². The van der Waals surface area contributed by atoms with E-state index in [1.54, 1.807) is 0 Å². The van der Waals surface area contributed by atoms with Gasteiger partial charge in [0, 0.05) is 5.33 Å². The number of benzene rings is 2. The van der Waals surface area contributed by atoms with Gasteiger partial charge in [-0.05, 0) is 74.1 Å². The van der Waals surface area contributed by atoms with Gasteiger partial charge in [-0.1, -0.05) is 92.8 Å². The van der Waals surface area contributed by atoms with Gasteiger partial charge < -0.3 is 4.74 Å². The van der Waals surface area contributed by atoms with Gasteiger partial charge in [0.2, 0.25) is 0 Å². The number of hydrogen-bond donors (Lipinski definition) is 0. The molecule has 2 aromatic rings. The minimum atomic E-state index is 0.763. The fraction of sp³-hybridized carbons (Fsp3) is 0.586. The van der Waals surface area contributed by atoms with Gasteiger partial charge in [0.05, 0.1) is 18.0 Å². The van der Waals surface area contributed by atoms with E-state index in [9.17, 15) is 0 Å². The summed E-state index contributed by atoms with van der Waals surface area (Å²) in [5.74, 6) is 0.893. The first-order valence-electron chi connectivity index (χ1n) is 13.1. The van der Waals surface area contributed by atoms with Crippen LogP contribution in [0.4, 0.5) is 11.4 Å². The zero-order valence-electron chi connectivity index (χ0n) is 20.6. The summed E-state index contributed by atoms with van der Waals surface area (Å²) in [7, 11) is 0. The Kier molecular flexibility index (Phi) is 15.6. The van der Waals surface area contributed by atoms with Crippen molar-refractivity contribution in [2.45, 2.75) is 96.8 Å². The van der Waals surface area contributed by atoms with Crippen molar-refractivity contribution in [1.29, 1.82) is 0 Å². The molecule has 0 spiro atoms. The lowest BCUT2D eigenvalue weighted by Gasteiger charge is -2.05. The summed E-state index contributed by atoms with van der Waals surface area (Å²) in [5.41, 5.74) is 3.14. The van der Waals surface area contributed by atoms with Gasteiger partial charge in [0.25, 0.3) is 0 Å². The Hall–Kier alpha value is -1.68. The van der Waals surface area contributed by atoms with Crippen LogP contribution in [0.25, 0.3) is 0 Å². The number of ether oxygens (including phenoxy) is 1. The zero-order chi connectivity index (χ0) is 23.4. The van der Waals surface area contributed by atoms with Crippen molar-refractivity contribution in [1.82, 2.24) is 0 Å². The number of hydrogen-bond acceptors (Lipinski definition) is 3. The molecule has 0 unspecified atom stereocenters. The van der Waals surface area contributed by atoms with Gasteiger partial charge >= 0.3 is 0 Å². The fourth-order valence-electron chi connectivity index (χ4n) is 3.83. The lowest BCUT2D eigenvalue weighted by molar-refractivity contribution is 0.306. The summed E-state index contributed by atoms with van der Waals surface area (Å²) in [6.07, 6.45) is 18.5. The number of rotatable bonds is 19. The quantitative estimate of drug-likeness (QED) is 0.104. The van der Waals surface area contributed by atoms with E-state index >= 15 is 0 Å². The summed E-state index contributed by atoms with van der Waals surface area (Å²) in [5, 5.41) is 9.80. The molecule has 0 bridgehead atoms. The van der Waals surface area contributed by atoms with E-state index in [0.29, 0.717) is 0 Å². The highest BCUT2D eigenvalue weighted by Crippen LogP contribution is 2.22. The largest absolute Gasteiger partial charge is 0.494 e. The molecule has 0 atom stereocenters. The van der Waals surface area contributed by atoms with Crippen molar-refractivity contribution in [2.75, 3.05) is 11.9 Å². The molecule has 4 heteroatoms. The second kappa shape index (κ2) is 18.7. The Morgan fingerprint density at radius 1 is 0.606 bits per heavy atom. The number of alkyl halides is 1. The van der Waals surface area contributed by atoms with Crippen LogP contribution < -0.4 is 4.74 Å². The Morgan fingerprint density at radius 3 is 1.70 bits per heavy atom. The maximum atomic E-state index is 5.77. The molecule has 0 fully saturated rings. The number of nitrogens with zero attached hydrogens (tertiary/aromatic N) is 2. The molecule has 0 aliphatic rings. The maximum Gasteiger partial charge on any atom is 0.119 e. The van der Waals surface area contributed by atoms with Crippen LogP contribution in [0.5, 0.6) is 5.75 Å². The fourth-order valence-corrected chi connectivity index (χ4v) is 4.23. The van der Waals surface area contributed by atoms with Crippen LogP contribution in [-0.4, -0.2) is 11.9 Å². The van der Waals surface area contributed by atoms with Crippen LogP contribution in [0.2, 0.25) is 0 Å². The third kappa shape index (κ3) is 13.6. The molecule has 0 amide bonds. The minimum Gasteiger partial charge on any atom is -0.494 e. The molecule has 0 saturated carbocycles. The first-order valence-corrected chi connectivity index (χ1v) is 14.2. The van der Waals surface area contributed by atoms with Gasteiger partial charge in [-0.15, -0.1) is 0 Å². The lowest BCUT2D eigenvalue weighted by Crippen LogP contribution is -1.96. The molecule has 33 heavy (non-hydrogen) atoms. The molecule has 0 aromatic heterocycles. The van der Waals surface area contributed by atoms with E-state index in [2.05, 4.69) is 57.3 Å². The number of azo groups is 1. The minimum absolute atomic E-state index is 0.763. The SMILES string of the molecule is CCCCCCCCCCCCc1ccc(N=Nc2ccc(OCCCCCBr)cc2)cc1. The Morgan fingerprint density at radius 2 is 1.12 bits per heavy atom. The van der Waals surface area contributed by atoms with Crippen molar-refractivity contribution >= 4 is 27.3 Å². The molecule has 0 aliphatic carbocycles. The summed E-state index contributed by atoms with van der Waals surface area (Å²) >= 11 is 3.46. The third-order valence-corrected chi connectivity index (χ3v) is 6.48. The summed E-state index contributed by atoms with van der Waals surface area (Å²) in [6, 6.07) is 16.4. The van der Waals surface area contributed by atoms with Crippen molar-refractivity contribution in [3.05, 3.63) is 54.1 Å². The van der Waals surface area contributed by atoms with E-state index < -0.39 is 0 Å². The number of unbranched alkanes of at least 4 members (excludes halogenated alkanes) is 11. The maximum absolute atomic E-state index is 5.77. The Bertz CT molecular complexity index is 743. The molecule has 0 N–H and O–H groups in total. The van der Waals surface area contributed by atoms with E-state index in [1.807, 2.05) is 24.3 Å². The molecule has 2 aromatic carbocycles. The molecule has 0 radical (unpaired) electrons. The summed E-state index contributed by atoms with van der Waals surface area (Å²) < 4.78 is 5.77. The number of aryl methyl sites for hydroxylation is 1. The van der Waals surface area contributed by atoms with Crippen LogP contribution in [0.3, 0.4) is 0 Å². The van der Waals surface area contributed by atoms with Crippen molar-refractivity contribution in [2.24, 2.45) is 10.2 Å². The van der Waals surface area contributed by atoms with Crippen molar-refractivity contribution < 1.29 is 4.74 Å². The van der Waals surface area contributed by atoms with Gasteiger partial charge in [-0.25, -0.2) is 0 Å². The highest BCUT2D eigenvalue weighted by atomic mass is 79.9. The van der Waals surface area contributed by atoms with Crippen LogP contribution in [-0.2, 0) is 6.42 Å². The monoisotopic (exact) mass is 514 g/mol. The normalized spacial score (nSPS) is 11.3. The summed E-state index contributed by atoms with van der Waals surface area (Å²) in [4.78, 5) is 0. The molecular formula is C29H43BrN2O. The van der Waals surface area contributed by atoms with E-state index in [4.69, 9.17) is 4.74 Å². The topological polar surface area (TPSA) is 34.0 Å². The average Bonchev–Trinajstić information content (AvgIpc) is 2.85. The Balaban J connectivity index is 1.59. The molecule has 0 heterocycles. The van der Waals surface area contributed by atoms with Gasteiger partial charge in [0.15, 0.2) is 0 Å².